The molecule has 2 heterocycles. The Morgan fingerprint density at radius 3 is 2.35 bits per heavy atom. The van der Waals surface area contributed by atoms with Crippen LogP contribution in [0, 0.1) is 0 Å². The number of anilines is 1. The van der Waals surface area contributed by atoms with Crippen LogP contribution in [0.1, 0.15) is 36.2 Å². The average molecular weight is 543 g/mol. The van der Waals surface area contributed by atoms with Crippen LogP contribution in [0.4, 0.5) is 9.93 Å². The van der Waals surface area contributed by atoms with E-state index in [1.807, 2.05) is 17.5 Å². The van der Waals surface area contributed by atoms with Gasteiger partial charge >= 0.3 is 6.03 Å². The summed E-state index contributed by atoms with van der Waals surface area (Å²) in [4.78, 5) is 22.0. The maximum atomic E-state index is 12.4. The number of carbonyl (C=O) groups is 1. The molecule has 0 atom stereocenters. The molecule has 6 nitrogen and oxygen atoms in total. The average Bonchev–Trinajstić information content (AvgIpc) is 3.30. The molecule has 2 aromatic carbocycles. The Balaban J connectivity index is 1.26. The summed E-state index contributed by atoms with van der Waals surface area (Å²) in [5.41, 5.74) is 4.24. The molecule has 180 valence electrons. The number of urea groups is 1. The molecule has 0 unspecified atom stereocenters. The lowest BCUT2D eigenvalue weighted by atomic mass is 9.82. The third-order valence-electron chi connectivity index (χ3n) is 6.41. The number of benzene rings is 2. The number of amides is 2. The second kappa shape index (κ2) is 11.0. The Morgan fingerprint density at radius 2 is 1.68 bits per heavy atom. The number of nitrogens with one attached hydrogen (secondary N) is 2. The van der Waals surface area contributed by atoms with Crippen molar-refractivity contribution in [2.75, 3.05) is 38.5 Å². The van der Waals surface area contributed by atoms with Crippen molar-refractivity contribution in [2.45, 2.75) is 32.4 Å². The highest BCUT2D eigenvalue weighted by Gasteiger charge is 2.26. The molecule has 8 heteroatoms. The normalized spacial score (nSPS) is 15.3. The fourth-order valence-electron chi connectivity index (χ4n) is 3.98. The predicted octanol–water partition coefficient (Wildman–Crippen LogP) is 5.30. The summed E-state index contributed by atoms with van der Waals surface area (Å²) < 4.78 is 1.05. The van der Waals surface area contributed by atoms with Crippen LogP contribution >= 0.6 is 27.3 Å². The lowest BCUT2D eigenvalue weighted by Crippen LogP contribution is -2.43. The number of aromatic nitrogens is 1. The van der Waals surface area contributed by atoms with Crippen LogP contribution in [0.15, 0.2) is 58.4 Å². The number of hydrogen-bond acceptors (Lipinski definition) is 5. The van der Waals surface area contributed by atoms with E-state index in [1.165, 1.54) is 22.5 Å². The lowest BCUT2D eigenvalue weighted by Gasteiger charge is -2.32. The van der Waals surface area contributed by atoms with Gasteiger partial charge in [-0.3, -0.25) is 10.2 Å². The van der Waals surface area contributed by atoms with Crippen molar-refractivity contribution in [1.82, 2.24) is 20.1 Å². The lowest BCUT2D eigenvalue weighted by molar-refractivity contribution is 0.148. The highest BCUT2D eigenvalue weighted by Crippen LogP contribution is 2.34. The third-order valence-corrected chi connectivity index (χ3v) is 7.70. The standard InChI is InChI=1S/C26H32BrN5OS/c1-26(2,21-8-10-22(27)11-9-21)23-18-34-25(29-23)30-24(33)28-16-19-4-6-20(7-5-19)17-32-14-12-31(3)13-15-32/h4-11,18H,12-17H2,1-3H3,(H2,28,29,30,33). The Morgan fingerprint density at radius 1 is 1.03 bits per heavy atom. The second-order valence-corrected chi connectivity index (χ2v) is 11.1. The fourth-order valence-corrected chi connectivity index (χ4v) is 5.12. The van der Waals surface area contributed by atoms with Gasteiger partial charge in [-0.2, -0.15) is 0 Å². The van der Waals surface area contributed by atoms with Crippen molar-refractivity contribution in [3.63, 3.8) is 0 Å². The van der Waals surface area contributed by atoms with Gasteiger partial charge in [-0.1, -0.05) is 66.2 Å². The van der Waals surface area contributed by atoms with Gasteiger partial charge in [0, 0.05) is 54.5 Å². The zero-order valence-electron chi connectivity index (χ0n) is 20.0. The summed E-state index contributed by atoms with van der Waals surface area (Å²) in [5.74, 6) is 0. The predicted molar refractivity (Wildman–Crippen MR) is 143 cm³/mol. The Kier molecular flexibility index (Phi) is 8.03. The molecule has 0 radical (unpaired) electrons. The van der Waals surface area contributed by atoms with E-state index in [-0.39, 0.29) is 11.4 Å². The van der Waals surface area contributed by atoms with E-state index in [2.05, 4.69) is 98.6 Å². The summed E-state index contributed by atoms with van der Waals surface area (Å²) in [6, 6.07) is 16.5. The Bertz CT molecular complexity index is 1090. The molecule has 34 heavy (non-hydrogen) atoms. The number of likely N-dealkylation sites (N-methyl/N-ethyl adjacent to an activating group) is 1. The van der Waals surface area contributed by atoms with Gasteiger partial charge in [-0.15, -0.1) is 11.3 Å². The Hall–Kier alpha value is -2.26. The molecule has 3 aromatic rings. The molecule has 0 spiro atoms. The molecule has 2 amide bonds. The van der Waals surface area contributed by atoms with E-state index in [4.69, 9.17) is 0 Å². The van der Waals surface area contributed by atoms with Gasteiger partial charge < -0.3 is 10.2 Å². The molecule has 1 aromatic heterocycles. The second-order valence-electron chi connectivity index (χ2n) is 9.37. The topological polar surface area (TPSA) is 60.5 Å². The number of nitrogens with zero attached hydrogens (tertiary/aromatic N) is 3. The Labute approximate surface area is 214 Å². The van der Waals surface area contributed by atoms with Gasteiger partial charge in [0.25, 0.3) is 0 Å². The minimum Gasteiger partial charge on any atom is -0.334 e. The highest BCUT2D eigenvalue weighted by molar-refractivity contribution is 9.10. The summed E-state index contributed by atoms with van der Waals surface area (Å²) in [6.07, 6.45) is 0. The first-order valence-corrected chi connectivity index (χ1v) is 13.2. The van der Waals surface area contributed by atoms with Crippen LogP contribution in [0.3, 0.4) is 0 Å². The third kappa shape index (κ3) is 6.44. The van der Waals surface area contributed by atoms with Gasteiger partial charge in [0.1, 0.15) is 0 Å². The summed E-state index contributed by atoms with van der Waals surface area (Å²) >= 11 is 4.93. The molecular formula is C26H32BrN5OS. The zero-order valence-corrected chi connectivity index (χ0v) is 22.4. The van der Waals surface area contributed by atoms with Gasteiger partial charge in [0.15, 0.2) is 5.13 Å². The maximum absolute atomic E-state index is 12.4. The quantitative estimate of drug-likeness (QED) is 0.426. The van der Waals surface area contributed by atoms with Crippen molar-refractivity contribution in [3.05, 3.63) is 80.8 Å². The highest BCUT2D eigenvalue weighted by atomic mass is 79.9. The van der Waals surface area contributed by atoms with Crippen LogP contribution in [0.2, 0.25) is 0 Å². The molecule has 0 saturated carbocycles. The minimum atomic E-state index is -0.251. The first-order valence-electron chi connectivity index (χ1n) is 11.6. The zero-order chi connectivity index (χ0) is 24.1. The number of thiazole rings is 1. The number of halogens is 1. The smallest absolute Gasteiger partial charge is 0.321 e. The number of rotatable bonds is 7. The summed E-state index contributed by atoms with van der Waals surface area (Å²) in [5, 5.41) is 8.42. The van der Waals surface area contributed by atoms with E-state index in [9.17, 15) is 4.79 Å². The van der Waals surface area contributed by atoms with E-state index in [1.54, 1.807) is 0 Å². The maximum Gasteiger partial charge on any atom is 0.321 e. The number of hydrogen-bond donors (Lipinski definition) is 2. The van der Waals surface area contributed by atoms with E-state index >= 15 is 0 Å². The monoisotopic (exact) mass is 541 g/mol. The molecule has 1 aliphatic heterocycles. The van der Waals surface area contributed by atoms with Crippen molar-refractivity contribution in [2.24, 2.45) is 0 Å². The van der Waals surface area contributed by atoms with E-state index < -0.39 is 0 Å². The van der Waals surface area contributed by atoms with Gasteiger partial charge in [0.05, 0.1) is 5.69 Å². The van der Waals surface area contributed by atoms with Crippen molar-refractivity contribution in [3.8, 4) is 0 Å². The van der Waals surface area contributed by atoms with Crippen LogP contribution in [0.25, 0.3) is 0 Å². The van der Waals surface area contributed by atoms with Crippen LogP contribution in [-0.2, 0) is 18.5 Å². The van der Waals surface area contributed by atoms with E-state index in [0.717, 1.165) is 48.5 Å². The molecular weight excluding hydrogens is 510 g/mol. The first-order chi connectivity index (χ1) is 16.3. The molecule has 0 aliphatic carbocycles. The van der Waals surface area contributed by atoms with Gasteiger partial charge in [-0.05, 0) is 35.9 Å². The fraction of sp³-hybridized carbons (Fsp3) is 0.385. The van der Waals surface area contributed by atoms with Crippen LogP contribution < -0.4 is 10.6 Å². The number of piperazine rings is 1. The van der Waals surface area contributed by atoms with Gasteiger partial charge in [0.2, 0.25) is 0 Å². The molecule has 1 aliphatic rings. The molecule has 0 bridgehead atoms. The van der Waals surface area contributed by atoms with Crippen molar-refractivity contribution >= 4 is 38.4 Å². The van der Waals surface area contributed by atoms with Crippen LogP contribution in [0.5, 0.6) is 0 Å². The molecule has 1 fully saturated rings. The van der Waals surface area contributed by atoms with Crippen molar-refractivity contribution in [1.29, 1.82) is 0 Å². The SMILES string of the molecule is CN1CCN(Cc2ccc(CNC(=O)Nc3nc(C(C)(C)c4ccc(Br)cc4)cs3)cc2)CC1. The van der Waals surface area contributed by atoms with Crippen molar-refractivity contribution < 1.29 is 4.79 Å². The summed E-state index contributed by atoms with van der Waals surface area (Å²) in [6.45, 7) is 10.2. The van der Waals surface area contributed by atoms with Crippen LogP contribution in [-0.4, -0.2) is 54.0 Å². The van der Waals surface area contributed by atoms with E-state index in [0.29, 0.717) is 11.7 Å². The molecule has 2 N–H and O–H groups in total. The minimum absolute atomic E-state index is 0.246. The summed E-state index contributed by atoms with van der Waals surface area (Å²) in [7, 11) is 2.17. The number of carbonyl (C=O) groups excluding carboxylic acids is 1. The molecule has 1 saturated heterocycles. The van der Waals surface area contributed by atoms with Gasteiger partial charge in [-0.25, -0.2) is 9.78 Å². The molecule has 4 rings (SSSR count). The largest absolute Gasteiger partial charge is 0.334 e. The first kappa shape index (κ1) is 24.9.